The van der Waals surface area contributed by atoms with Crippen molar-refractivity contribution < 1.29 is 38.6 Å². The van der Waals surface area contributed by atoms with Crippen LogP contribution in [0.1, 0.15) is 219 Å². The van der Waals surface area contributed by atoms with Crippen molar-refractivity contribution in [2.45, 2.75) is 255 Å². The molecule has 14 nitrogen and oxygen atoms in total. The Morgan fingerprint density at radius 1 is 0.535 bits per heavy atom. The van der Waals surface area contributed by atoms with E-state index in [1.165, 1.54) is 44.9 Å². The van der Waals surface area contributed by atoms with Gasteiger partial charge in [0.2, 0.25) is 29.5 Å². The van der Waals surface area contributed by atoms with E-state index >= 15 is 0 Å². The first kappa shape index (κ1) is 55.2. The van der Waals surface area contributed by atoms with E-state index in [1.54, 1.807) is 0 Å². The third kappa shape index (κ3) is 17.8. The Labute approximate surface area is 426 Å². The fourth-order valence-corrected chi connectivity index (χ4v) is 14.2. The maximum atomic E-state index is 14.9. The molecular weight excluding hydrogens is 897 g/mol. The Kier molecular flexibility index (Phi) is 22.4. The van der Waals surface area contributed by atoms with Crippen LogP contribution < -0.4 is 26.6 Å². The predicted molar refractivity (Wildman–Crippen MR) is 276 cm³/mol. The molecule has 6 N–H and O–H groups in total. The number of nitrogens with zero attached hydrogens (tertiary/aromatic N) is 1. The summed E-state index contributed by atoms with van der Waals surface area (Å²) in [6, 6.07) is -3.63. The number of amides is 5. The SMILES string of the molecule is CC1CCC(OCC(=O)NC(CC2C=NC3CCCCC23)C(=O)NC(CC2CCC(C3CCCCC3)CC2)C(=O)NC(CCC2CCCCC2)C(=O)NCC(=O)NC(CCC2CCCCC2)C(=O)O)CC1. The van der Waals surface area contributed by atoms with Gasteiger partial charge in [-0.05, 0) is 131 Å². The number of hydrogen-bond acceptors (Lipinski definition) is 8. The van der Waals surface area contributed by atoms with Gasteiger partial charge in [0.25, 0.3) is 0 Å². The van der Waals surface area contributed by atoms with Crippen LogP contribution in [-0.4, -0.2) is 96.3 Å². The van der Waals surface area contributed by atoms with Gasteiger partial charge in [0, 0.05) is 12.1 Å². The van der Waals surface area contributed by atoms with Gasteiger partial charge in [-0.1, -0.05) is 129 Å². The second-order valence-corrected chi connectivity index (χ2v) is 23.9. The molecule has 6 fully saturated rings. The van der Waals surface area contributed by atoms with Crippen LogP contribution >= 0.6 is 0 Å². The molecule has 0 aromatic rings. The van der Waals surface area contributed by atoms with Crippen LogP contribution in [0.2, 0.25) is 0 Å². The topological polar surface area (TPSA) is 204 Å². The summed E-state index contributed by atoms with van der Waals surface area (Å²) >= 11 is 0. The van der Waals surface area contributed by atoms with Crippen LogP contribution in [0.5, 0.6) is 0 Å². The Hall–Kier alpha value is -3.55. The average Bonchev–Trinajstić information content (AvgIpc) is 3.80. The third-order valence-electron chi connectivity index (χ3n) is 18.6. The lowest BCUT2D eigenvalue weighted by atomic mass is 9.70. The molecule has 7 aliphatic rings. The molecule has 7 atom stereocenters. The molecule has 400 valence electrons. The van der Waals surface area contributed by atoms with Gasteiger partial charge >= 0.3 is 5.97 Å². The molecule has 1 heterocycles. The minimum Gasteiger partial charge on any atom is -0.480 e. The van der Waals surface area contributed by atoms with Crippen molar-refractivity contribution in [3.8, 4) is 0 Å². The first-order valence-electron chi connectivity index (χ1n) is 29.3. The zero-order chi connectivity index (χ0) is 50.0. The van der Waals surface area contributed by atoms with E-state index in [0.29, 0.717) is 55.3 Å². The minimum atomic E-state index is -1.09. The monoisotopic (exact) mass is 991 g/mol. The summed E-state index contributed by atoms with van der Waals surface area (Å²) < 4.78 is 6.11. The molecular formula is C57H94N6O8. The molecule has 0 spiro atoms. The Bertz CT molecular complexity index is 1730. The highest BCUT2D eigenvalue weighted by molar-refractivity contribution is 5.95. The Morgan fingerprint density at radius 3 is 1.70 bits per heavy atom. The van der Waals surface area contributed by atoms with Crippen molar-refractivity contribution in [3.63, 3.8) is 0 Å². The minimum absolute atomic E-state index is 0.0192. The van der Waals surface area contributed by atoms with Gasteiger partial charge in [0.05, 0.1) is 18.7 Å². The number of fused-ring (bicyclic) bond motifs is 1. The molecule has 0 aromatic heterocycles. The lowest BCUT2D eigenvalue weighted by Crippen LogP contribution is -2.58. The average molecular weight is 991 g/mol. The number of carbonyl (C=O) groups excluding carboxylic acids is 5. The summed E-state index contributed by atoms with van der Waals surface area (Å²) in [7, 11) is 0. The van der Waals surface area contributed by atoms with Gasteiger partial charge in [-0.15, -0.1) is 0 Å². The molecule has 7 rings (SSSR count). The van der Waals surface area contributed by atoms with Gasteiger partial charge in [-0.25, -0.2) is 4.79 Å². The van der Waals surface area contributed by atoms with E-state index in [2.05, 4.69) is 33.5 Å². The predicted octanol–water partition coefficient (Wildman–Crippen LogP) is 8.87. The Morgan fingerprint density at radius 2 is 1.07 bits per heavy atom. The second kappa shape index (κ2) is 28.8. The summed E-state index contributed by atoms with van der Waals surface area (Å²) in [4.78, 5) is 87.9. The summed E-state index contributed by atoms with van der Waals surface area (Å²) in [5.41, 5.74) is 0. The molecule has 71 heavy (non-hydrogen) atoms. The fraction of sp³-hybridized carbons (Fsp3) is 0.877. The molecule has 6 aliphatic carbocycles. The molecule has 1 aliphatic heterocycles. The quantitative estimate of drug-likeness (QED) is 0.0550. The molecule has 5 amide bonds. The van der Waals surface area contributed by atoms with Crippen LogP contribution in [0.3, 0.4) is 0 Å². The molecule has 14 heteroatoms. The highest BCUT2D eigenvalue weighted by atomic mass is 16.5. The second-order valence-electron chi connectivity index (χ2n) is 23.9. The van der Waals surface area contributed by atoms with E-state index in [1.807, 2.05) is 6.21 Å². The summed E-state index contributed by atoms with van der Waals surface area (Å²) in [6.07, 6.45) is 35.2. The summed E-state index contributed by atoms with van der Waals surface area (Å²) in [6.45, 7) is 1.70. The standard InChI is InChI=1S/C57H94N6O8/c1-38-21-29-45(30-22-38)71-37-53(65)61-51(34-44-35-58-47-20-12-11-19-46(44)47)56(68)63-50(33-41-23-27-43(28-24-41)42-17-9-4-10-18-42)55(67)62-48(31-25-39-13-5-2-6-14-39)54(66)59-36-52(64)60-49(57(69)70)32-26-40-15-7-3-8-16-40/h35,38-51H,2-34,36-37H2,1H3,(H,59,66)(H,60,64)(H,61,65)(H,62,67)(H,63,68)(H,69,70). The third-order valence-corrected chi connectivity index (χ3v) is 18.6. The van der Waals surface area contributed by atoms with E-state index in [0.717, 1.165) is 147 Å². The normalized spacial score (nSPS) is 29.4. The number of carbonyl (C=O) groups is 6. The number of ether oxygens (including phenoxy) is 1. The van der Waals surface area contributed by atoms with Gasteiger partial charge in [-0.3, -0.25) is 29.0 Å². The van der Waals surface area contributed by atoms with Crippen molar-refractivity contribution >= 4 is 41.7 Å². The molecule has 0 radical (unpaired) electrons. The molecule has 0 bridgehead atoms. The van der Waals surface area contributed by atoms with Crippen LogP contribution in [0, 0.1) is 47.3 Å². The first-order chi connectivity index (χ1) is 34.5. The zero-order valence-corrected chi connectivity index (χ0v) is 43.7. The number of hydrogen-bond donors (Lipinski definition) is 6. The molecule has 0 saturated heterocycles. The van der Waals surface area contributed by atoms with E-state index in [4.69, 9.17) is 9.73 Å². The van der Waals surface area contributed by atoms with Crippen molar-refractivity contribution in [1.82, 2.24) is 26.6 Å². The smallest absolute Gasteiger partial charge is 0.326 e. The highest BCUT2D eigenvalue weighted by Gasteiger charge is 2.40. The summed E-state index contributed by atoms with van der Waals surface area (Å²) in [5, 5.41) is 24.7. The zero-order valence-electron chi connectivity index (χ0n) is 43.7. The van der Waals surface area contributed by atoms with Crippen molar-refractivity contribution in [3.05, 3.63) is 0 Å². The molecule has 6 saturated carbocycles. The number of carboxylic acids is 1. The van der Waals surface area contributed by atoms with Gasteiger partial charge in [0.15, 0.2) is 0 Å². The lowest BCUT2D eigenvalue weighted by molar-refractivity contribution is -0.142. The fourth-order valence-electron chi connectivity index (χ4n) is 14.2. The molecule has 0 aromatic carbocycles. The number of aliphatic imine (C=N–C) groups is 1. The lowest BCUT2D eigenvalue weighted by Gasteiger charge is -2.37. The van der Waals surface area contributed by atoms with Crippen molar-refractivity contribution in [2.24, 2.45) is 52.3 Å². The summed E-state index contributed by atoms with van der Waals surface area (Å²) in [5.74, 6) is 0.163. The van der Waals surface area contributed by atoms with Crippen LogP contribution in [-0.2, 0) is 33.5 Å². The number of nitrogens with one attached hydrogen (secondary N) is 5. The van der Waals surface area contributed by atoms with Crippen LogP contribution in [0.25, 0.3) is 0 Å². The van der Waals surface area contributed by atoms with E-state index < -0.39 is 60.3 Å². The Balaban J connectivity index is 1.04. The molecule has 7 unspecified atom stereocenters. The van der Waals surface area contributed by atoms with Crippen LogP contribution in [0.15, 0.2) is 4.99 Å². The number of rotatable bonds is 24. The van der Waals surface area contributed by atoms with Gasteiger partial charge in [-0.2, -0.15) is 0 Å². The largest absolute Gasteiger partial charge is 0.480 e. The van der Waals surface area contributed by atoms with Crippen LogP contribution in [0.4, 0.5) is 0 Å². The maximum Gasteiger partial charge on any atom is 0.326 e. The van der Waals surface area contributed by atoms with E-state index in [-0.39, 0.29) is 36.5 Å². The van der Waals surface area contributed by atoms with Crippen molar-refractivity contribution in [2.75, 3.05) is 13.2 Å². The highest BCUT2D eigenvalue weighted by Crippen LogP contribution is 2.42. The van der Waals surface area contributed by atoms with Gasteiger partial charge < -0.3 is 36.4 Å². The van der Waals surface area contributed by atoms with Gasteiger partial charge in [0.1, 0.15) is 30.8 Å². The maximum absolute atomic E-state index is 14.9. The number of aliphatic carboxylic acids is 1. The number of carboxylic acid groups (broad SMARTS) is 1. The van der Waals surface area contributed by atoms with Crippen molar-refractivity contribution in [1.29, 1.82) is 0 Å². The first-order valence-corrected chi connectivity index (χ1v) is 29.3. The van der Waals surface area contributed by atoms with E-state index in [9.17, 15) is 33.9 Å².